The number of hydrogen-bond acceptors (Lipinski definition) is 3. The largest absolute Gasteiger partial charge is 0.481 e. The molecule has 0 aliphatic rings. The molecule has 0 saturated heterocycles. The number of urea groups is 1. The molecule has 2 rings (SSSR count). The van der Waals surface area contributed by atoms with Crippen molar-refractivity contribution in [3.8, 4) is 0 Å². The molecule has 2 aromatic rings. The number of fused-ring (bicyclic) bond motifs is 1. The lowest BCUT2D eigenvalue weighted by atomic mass is 10.2. The Hall–Kier alpha value is -2.08. The predicted octanol–water partition coefficient (Wildman–Crippen LogP) is 3.23. The molecule has 0 bridgehead atoms. The molecule has 1 aromatic carbocycles. The van der Waals surface area contributed by atoms with E-state index in [9.17, 15) is 9.59 Å². The molecule has 1 aromatic heterocycles. The Labute approximate surface area is 120 Å². The van der Waals surface area contributed by atoms with Crippen molar-refractivity contribution in [1.82, 2.24) is 4.90 Å². The smallest absolute Gasteiger partial charge is 0.321 e. The summed E-state index contributed by atoms with van der Waals surface area (Å²) in [5.74, 6) is -0.907. The van der Waals surface area contributed by atoms with E-state index in [1.165, 1.54) is 9.60 Å². The van der Waals surface area contributed by atoms with Crippen molar-refractivity contribution in [3.63, 3.8) is 0 Å². The van der Waals surface area contributed by atoms with E-state index in [-0.39, 0.29) is 19.0 Å². The lowest BCUT2D eigenvalue weighted by Crippen LogP contribution is -2.36. The van der Waals surface area contributed by atoms with Crippen molar-refractivity contribution in [2.24, 2.45) is 0 Å². The summed E-state index contributed by atoms with van der Waals surface area (Å²) in [4.78, 5) is 24.1. The van der Waals surface area contributed by atoms with E-state index in [4.69, 9.17) is 5.11 Å². The molecule has 0 saturated carbocycles. The first-order chi connectivity index (χ1) is 9.60. The van der Waals surface area contributed by atoms with Crippen LogP contribution in [0.2, 0.25) is 0 Å². The monoisotopic (exact) mass is 292 g/mol. The molecule has 0 atom stereocenters. The molecular formula is C14H16N2O3S. The van der Waals surface area contributed by atoms with Crippen LogP contribution in [-0.2, 0) is 4.79 Å². The average molecular weight is 292 g/mol. The summed E-state index contributed by atoms with van der Waals surface area (Å²) in [5.41, 5.74) is 0.717. The van der Waals surface area contributed by atoms with Crippen LogP contribution in [-0.4, -0.2) is 35.1 Å². The minimum atomic E-state index is -0.907. The molecule has 0 spiro atoms. The van der Waals surface area contributed by atoms with Gasteiger partial charge in [0.25, 0.3) is 0 Å². The fourth-order valence-electron chi connectivity index (χ4n) is 1.88. The zero-order valence-electron chi connectivity index (χ0n) is 11.1. The molecule has 0 unspecified atom stereocenters. The van der Waals surface area contributed by atoms with Crippen LogP contribution in [0.25, 0.3) is 10.1 Å². The topological polar surface area (TPSA) is 69.6 Å². The van der Waals surface area contributed by atoms with Gasteiger partial charge in [-0.15, -0.1) is 11.3 Å². The van der Waals surface area contributed by atoms with Gasteiger partial charge in [-0.3, -0.25) is 4.79 Å². The van der Waals surface area contributed by atoms with Crippen molar-refractivity contribution in [2.75, 3.05) is 18.4 Å². The molecule has 1 heterocycles. The zero-order chi connectivity index (χ0) is 14.5. The van der Waals surface area contributed by atoms with Crippen molar-refractivity contribution in [1.29, 1.82) is 0 Å². The number of aliphatic carboxylic acids is 1. The number of carbonyl (C=O) groups excluding carboxylic acids is 1. The third-order valence-corrected chi connectivity index (χ3v) is 3.87. The van der Waals surface area contributed by atoms with Gasteiger partial charge in [-0.05, 0) is 42.0 Å². The zero-order valence-corrected chi connectivity index (χ0v) is 11.9. The molecule has 0 fully saturated rings. The Bertz CT molecular complexity index is 624. The minimum absolute atomic E-state index is 0.0508. The first kappa shape index (κ1) is 14.3. The Morgan fingerprint density at radius 2 is 2.15 bits per heavy atom. The number of nitrogens with zero attached hydrogens (tertiary/aromatic N) is 1. The Balaban J connectivity index is 2.03. The molecule has 2 N–H and O–H groups in total. The van der Waals surface area contributed by atoms with E-state index in [1.54, 1.807) is 11.3 Å². The minimum Gasteiger partial charge on any atom is -0.481 e. The van der Waals surface area contributed by atoms with Crippen molar-refractivity contribution in [2.45, 2.75) is 13.3 Å². The molecule has 0 radical (unpaired) electrons. The maximum atomic E-state index is 12.1. The average Bonchev–Trinajstić information content (AvgIpc) is 2.86. The lowest BCUT2D eigenvalue weighted by molar-refractivity contribution is -0.137. The maximum absolute atomic E-state index is 12.1. The highest BCUT2D eigenvalue weighted by Crippen LogP contribution is 2.24. The summed E-state index contributed by atoms with van der Waals surface area (Å²) < 4.78 is 1.17. The first-order valence-corrected chi connectivity index (χ1v) is 7.23. The van der Waals surface area contributed by atoms with E-state index in [1.807, 2.05) is 36.6 Å². The third-order valence-electron chi connectivity index (χ3n) is 2.97. The Kier molecular flexibility index (Phi) is 4.57. The van der Waals surface area contributed by atoms with E-state index >= 15 is 0 Å². The lowest BCUT2D eigenvalue weighted by Gasteiger charge is -2.20. The van der Waals surface area contributed by atoms with Crippen LogP contribution < -0.4 is 5.32 Å². The predicted molar refractivity (Wildman–Crippen MR) is 80.3 cm³/mol. The van der Waals surface area contributed by atoms with Gasteiger partial charge in [-0.1, -0.05) is 0 Å². The number of thiophene rings is 1. The van der Waals surface area contributed by atoms with Gasteiger partial charge < -0.3 is 15.3 Å². The van der Waals surface area contributed by atoms with Crippen LogP contribution in [0.1, 0.15) is 13.3 Å². The van der Waals surface area contributed by atoms with Gasteiger partial charge >= 0.3 is 12.0 Å². The van der Waals surface area contributed by atoms with Crippen molar-refractivity contribution in [3.05, 3.63) is 29.6 Å². The number of anilines is 1. The van der Waals surface area contributed by atoms with Crippen LogP contribution >= 0.6 is 11.3 Å². The highest BCUT2D eigenvalue weighted by atomic mass is 32.1. The summed E-state index contributed by atoms with van der Waals surface area (Å²) >= 11 is 1.65. The van der Waals surface area contributed by atoms with Gasteiger partial charge in [0.05, 0.1) is 6.42 Å². The van der Waals surface area contributed by atoms with E-state index in [2.05, 4.69) is 5.32 Å². The van der Waals surface area contributed by atoms with Gasteiger partial charge in [0, 0.05) is 23.5 Å². The number of carboxylic acid groups (broad SMARTS) is 1. The van der Waals surface area contributed by atoms with Crippen LogP contribution in [0, 0.1) is 0 Å². The molecule has 106 valence electrons. The van der Waals surface area contributed by atoms with Gasteiger partial charge in [-0.25, -0.2) is 4.79 Å². The third kappa shape index (κ3) is 3.48. The fraction of sp³-hybridized carbons (Fsp3) is 0.286. The summed E-state index contributed by atoms with van der Waals surface area (Å²) in [5, 5.41) is 14.6. The van der Waals surface area contributed by atoms with Gasteiger partial charge in [-0.2, -0.15) is 0 Å². The van der Waals surface area contributed by atoms with Crippen LogP contribution in [0.5, 0.6) is 0 Å². The summed E-state index contributed by atoms with van der Waals surface area (Å²) in [6.45, 7) is 2.50. The normalized spacial score (nSPS) is 10.4. The number of benzene rings is 1. The fourth-order valence-corrected chi connectivity index (χ4v) is 2.65. The second kappa shape index (κ2) is 6.38. The second-order valence-electron chi connectivity index (χ2n) is 4.33. The van der Waals surface area contributed by atoms with Crippen LogP contribution in [0.3, 0.4) is 0 Å². The van der Waals surface area contributed by atoms with E-state index in [0.717, 1.165) is 11.1 Å². The number of rotatable bonds is 5. The molecular weight excluding hydrogens is 276 g/mol. The summed E-state index contributed by atoms with van der Waals surface area (Å²) in [6, 6.07) is 7.44. The Morgan fingerprint density at radius 1 is 1.35 bits per heavy atom. The van der Waals surface area contributed by atoms with Gasteiger partial charge in [0.2, 0.25) is 0 Å². The number of carbonyl (C=O) groups is 2. The van der Waals surface area contributed by atoms with Crippen molar-refractivity contribution < 1.29 is 14.7 Å². The molecule has 0 aliphatic heterocycles. The van der Waals surface area contributed by atoms with Crippen LogP contribution in [0.15, 0.2) is 29.6 Å². The number of hydrogen-bond donors (Lipinski definition) is 2. The Morgan fingerprint density at radius 3 is 2.85 bits per heavy atom. The second-order valence-corrected chi connectivity index (χ2v) is 5.27. The van der Waals surface area contributed by atoms with Crippen molar-refractivity contribution >= 4 is 39.1 Å². The standard InChI is InChI=1S/C14H16N2O3S/c1-2-16(7-5-13(17)18)14(19)15-11-3-4-12-10(9-11)6-8-20-12/h3-4,6,8-9H,2,5,7H2,1H3,(H,15,19)(H,17,18). The van der Waals surface area contributed by atoms with Gasteiger partial charge in [0.1, 0.15) is 0 Å². The molecule has 2 amide bonds. The van der Waals surface area contributed by atoms with Gasteiger partial charge in [0.15, 0.2) is 0 Å². The first-order valence-electron chi connectivity index (χ1n) is 6.35. The molecule has 6 heteroatoms. The molecule has 0 aliphatic carbocycles. The highest BCUT2D eigenvalue weighted by Gasteiger charge is 2.13. The number of nitrogens with one attached hydrogen (secondary N) is 1. The highest BCUT2D eigenvalue weighted by molar-refractivity contribution is 7.17. The van der Waals surface area contributed by atoms with Crippen LogP contribution in [0.4, 0.5) is 10.5 Å². The van der Waals surface area contributed by atoms with E-state index in [0.29, 0.717) is 6.54 Å². The number of carboxylic acids is 1. The molecule has 20 heavy (non-hydrogen) atoms. The summed E-state index contributed by atoms with van der Waals surface area (Å²) in [6.07, 6.45) is -0.0508. The number of amides is 2. The quantitative estimate of drug-likeness (QED) is 0.889. The SMILES string of the molecule is CCN(CCC(=O)O)C(=O)Nc1ccc2sccc2c1. The van der Waals surface area contributed by atoms with E-state index < -0.39 is 5.97 Å². The summed E-state index contributed by atoms with van der Waals surface area (Å²) in [7, 11) is 0. The maximum Gasteiger partial charge on any atom is 0.321 e. The molecule has 5 nitrogen and oxygen atoms in total.